The molecule has 0 bridgehead atoms. The molecule has 2 heterocycles. The van der Waals surface area contributed by atoms with Crippen LogP contribution in [0.25, 0.3) is 11.3 Å². The molecule has 0 saturated heterocycles. The number of halogens is 2. The zero-order chi connectivity index (χ0) is 18.7. The molecule has 2 aromatic heterocycles. The molecule has 3 rings (SSSR count). The fourth-order valence-electron chi connectivity index (χ4n) is 2.17. The van der Waals surface area contributed by atoms with Gasteiger partial charge in [0.2, 0.25) is 5.91 Å². The zero-order valence-corrected chi connectivity index (χ0v) is 14.4. The summed E-state index contributed by atoms with van der Waals surface area (Å²) in [6, 6.07) is 3.50. The Kier molecular flexibility index (Phi) is 5.17. The molecule has 0 fully saturated rings. The van der Waals surface area contributed by atoms with Crippen LogP contribution in [0.4, 0.5) is 13.9 Å². The summed E-state index contributed by atoms with van der Waals surface area (Å²) in [5, 5.41) is 4.45. The van der Waals surface area contributed by atoms with Gasteiger partial charge in [0.05, 0.1) is 11.8 Å². The number of anilines is 1. The van der Waals surface area contributed by atoms with Gasteiger partial charge in [0.15, 0.2) is 22.6 Å². The van der Waals surface area contributed by atoms with Crippen LogP contribution in [0.3, 0.4) is 0 Å². The van der Waals surface area contributed by atoms with E-state index in [4.69, 9.17) is 4.42 Å². The van der Waals surface area contributed by atoms with Crippen molar-refractivity contribution < 1.29 is 22.8 Å². The number of ketones is 1. The summed E-state index contributed by atoms with van der Waals surface area (Å²) < 4.78 is 32.8. The third-order valence-electron chi connectivity index (χ3n) is 3.44. The number of rotatable bonds is 6. The lowest BCUT2D eigenvalue weighted by atomic mass is 10.1. The molecule has 26 heavy (non-hydrogen) atoms. The molecule has 0 saturated carbocycles. The molecule has 134 valence electrons. The molecule has 9 heteroatoms. The molecular formula is C17H13F2N3O3S. The minimum Gasteiger partial charge on any atom is -0.441 e. The Hall–Kier alpha value is -2.94. The molecule has 1 N–H and O–H groups in total. The summed E-state index contributed by atoms with van der Waals surface area (Å²) in [6.45, 7) is 1.39. The molecule has 0 unspecified atom stereocenters. The van der Waals surface area contributed by atoms with Crippen LogP contribution in [0.1, 0.15) is 29.7 Å². The van der Waals surface area contributed by atoms with Crippen LogP contribution in [-0.2, 0) is 11.2 Å². The highest BCUT2D eigenvalue weighted by molar-refractivity contribution is 7.14. The number of oxazole rings is 1. The Morgan fingerprint density at radius 2 is 2.00 bits per heavy atom. The number of carbonyl (C=O) groups is 2. The van der Waals surface area contributed by atoms with E-state index in [0.717, 1.165) is 23.5 Å². The lowest BCUT2D eigenvalue weighted by Crippen LogP contribution is -2.12. The summed E-state index contributed by atoms with van der Waals surface area (Å²) in [4.78, 5) is 31.0. The summed E-state index contributed by atoms with van der Waals surface area (Å²) >= 11 is 1.15. The second-order valence-electron chi connectivity index (χ2n) is 5.36. The number of benzene rings is 1. The van der Waals surface area contributed by atoms with E-state index in [0.29, 0.717) is 5.13 Å². The summed E-state index contributed by atoms with van der Waals surface area (Å²) in [6.07, 6.45) is 1.40. The van der Waals surface area contributed by atoms with Gasteiger partial charge in [-0.25, -0.2) is 18.7 Å². The average Bonchev–Trinajstić information content (AvgIpc) is 3.22. The second-order valence-corrected chi connectivity index (χ2v) is 6.22. The Morgan fingerprint density at radius 3 is 2.65 bits per heavy atom. The van der Waals surface area contributed by atoms with Crippen LogP contribution in [0.15, 0.2) is 34.2 Å². The first-order chi connectivity index (χ1) is 12.4. The van der Waals surface area contributed by atoms with Gasteiger partial charge in [0.25, 0.3) is 0 Å². The maximum Gasteiger partial charge on any atom is 0.226 e. The van der Waals surface area contributed by atoms with Gasteiger partial charge in [0, 0.05) is 25.1 Å². The Balaban J connectivity index is 1.61. The minimum absolute atomic E-state index is 0.0364. The molecule has 0 spiro atoms. The van der Waals surface area contributed by atoms with Crippen molar-refractivity contribution in [3.8, 4) is 11.3 Å². The average molecular weight is 377 g/mol. The number of Topliss-reactive ketones (excluding diaryl/α,β-unsaturated/α-hetero) is 1. The Labute approximate surface area is 150 Å². The Morgan fingerprint density at radius 1 is 1.27 bits per heavy atom. The van der Waals surface area contributed by atoms with Crippen molar-refractivity contribution in [2.75, 3.05) is 5.32 Å². The van der Waals surface area contributed by atoms with Gasteiger partial charge in [-0.3, -0.25) is 9.59 Å². The van der Waals surface area contributed by atoms with E-state index in [1.165, 1.54) is 19.2 Å². The summed E-state index contributed by atoms with van der Waals surface area (Å²) in [7, 11) is 0. The van der Waals surface area contributed by atoms with E-state index in [1.807, 2.05) is 0 Å². The van der Waals surface area contributed by atoms with Gasteiger partial charge in [-0.2, -0.15) is 0 Å². The first kappa shape index (κ1) is 17.9. The standard InChI is InChI=1S/C17H13F2N3O3S/c1-9(23)12-8-26-17(21-12)22-14(24)5-6-15-20-7-13(25-15)16-10(18)3-2-4-11(16)19/h2-4,7-8H,5-6H2,1H3,(H,21,22,24). The molecular weight excluding hydrogens is 364 g/mol. The largest absolute Gasteiger partial charge is 0.441 e. The predicted molar refractivity (Wildman–Crippen MR) is 90.9 cm³/mol. The third kappa shape index (κ3) is 3.99. The van der Waals surface area contributed by atoms with Crippen molar-refractivity contribution in [2.45, 2.75) is 19.8 Å². The van der Waals surface area contributed by atoms with E-state index in [2.05, 4.69) is 15.3 Å². The van der Waals surface area contributed by atoms with E-state index in [-0.39, 0.29) is 47.4 Å². The first-order valence-corrected chi connectivity index (χ1v) is 8.47. The molecule has 3 aromatic rings. The monoisotopic (exact) mass is 377 g/mol. The number of amides is 1. The van der Waals surface area contributed by atoms with Gasteiger partial charge in [0.1, 0.15) is 17.3 Å². The number of nitrogens with one attached hydrogen (secondary N) is 1. The van der Waals surface area contributed by atoms with Crippen LogP contribution in [-0.4, -0.2) is 21.7 Å². The van der Waals surface area contributed by atoms with Crippen LogP contribution >= 0.6 is 11.3 Å². The van der Waals surface area contributed by atoms with Crippen LogP contribution in [0.2, 0.25) is 0 Å². The lowest BCUT2D eigenvalue weighted by molar-refractivity contribution is -0.116. The summed E-state index contributed by atoms with van der Waals surface area (Å²) in [5.74, 6) is -1.89. The molecule has 0 radical (unpaired) electrons. The van der Waals surface area contributed by atoms with Crippen molar-refractivity contribution in [3.63, 3.8) is 0 Å². The topological polar surface area (TPSA) is 85.1 Å². The quantitative estimate of drug-likeness (QED) is 0.660. The lowest BCUT2D eigenvalue weighted by Gasteiger charge is -2.01. The number of carbonyl (C=O) groups excluding carboxylic acids is 2. The fourth-order valence-corrected chi connectivity index (χ4v) is 2.94. The predicted octanol–water partition coefficient (Wildman–Crippen LogP) is 3.85. The highest BCUT2D eigenvalue weighted by Crippen LogP contribution is 2.26. The highest BCUT2D eigenvalue weighted by atomic mass is 32.1. The molecule has 1 amide bonds. The number of aryl methyl sites for hydroxylation is 1. The SMILES string of the molecule is CC(=O)c1csc(NC(=O)CCc2ncc(-c3c(F)cccc3F)o2)n1. The number of thiazole rings is 1. The second kappa shape index (κ2) is 7.52. The first-order valence-electron chi connectivity index (χ1n) is 7.59. The maximum absolute atomic E-state index is 13.7. The van der Waals surface area contributed by atoms with E-state index in [9.17, 15) is 18.4 Å². The van der Waals surface area contributed by atoms with Gasteiger partial charge < -0.3 is 9.73 Å². The van der Waals surface area contributed by atoms with E-state index < -0.39 is 11.6 Å². The molecule has 0 aliphatic heterocycles. The molecule has 1 aromatic carbocycles. The highest BCUT2D eigenvalue weighted by Gasteiger charge is 2.16. The molecule has 0 aliphatic carbocycles. The normalized spacial score (nSPS) is 10.7. The third-order valence-corrected chi connectivity index (χ3v) is 4.20. The van der Waals surface area contributed by atoms with Crippen molar-refractivity contribution >= 4 is 28.2 Å². The minimum atomic E-state index is -0.754. The molecule has 6 nitrogen and oxygen atoms in total. The number of aromatic nitrogens is 2. The number of nitrogens with zero attached hydrogens (tertiary/aromatic N) is 2. The number of hydrogen-bond acceptors (Lipinski definition) is 6. The van der Waals surface area contributed by atoms with Crippen molar-refractivity contribution in [3.05, 3.63) is 53.0 Å². The van der Waals surface area contributed by atoms with Crippen molar-refractivity contribution in [1.82, 2.24) is 9.97 Å². The van der Waals surface area contributed by atoms with E-state index in [1.54, 1.807) is 5.38 Å². The van der Waals surface area contributed by atoms with Crippen LogP contribution in [0, 0.1) is 11.6 Å². The van der Waals surface area contributed by atoms with Crippen molar-refractivity contribution in [2.24, 2.45) is 0 Å². The van der Waals surface area contributed by atoms with Gasteiger partial charge in [-0.05, 0) is 12.1 Å². The van der Waals surface area contributed by atoms with Gasteiger partial charge in [-0.1, -0.05) is 6.07 Å². The smallest absolute Gasteiger partial charge is 0.226 e. The Bertz CT molecular complexity index is 948. The summed E-state index contributed by atoms with van der Waals surface area (Å²) in [5.41, 5.74) is -0.00944. The van der Waals surface area contributed by atoms with Crippen molar-refractivity contribution in [1.29, 1.82) is 0 Å². The van der Waals surface area contributed by atoms with Gasteiger partial charge in [-0.15, -0.1) is 11.3 Å². The fraction of sp³-hybridized carbons (Fsp3) is 0.176. The van der Waals surface area contributed by atoms with E-state index >= 15 is 0 Å². The zero-order valence-electron chi connectivity index (χ0n) is 13.6. The maximum atomic E-state index is 13.7. The molecule has 0 atom stereocenters. The molecule has 0 aliphatic rings. The van der Waals surface area contributed by atoms with Gasteiger partial charge >= 0.3 is 0 Å². The van der Waals surface area contributed by atoms with Crippen LogP contribution < -0.4 is 5.32 Å². The number of hydrogen-bond donors (Lipinski definition) is 1. The van der Waals surface area contributed by atoms with Crippen LogP contribution in [0.5, 0.6) is 0 Å².